The number of aryl methyl sites for hydroxylation is 2. The highest BCUT2D eigenvalue weighted by atomic mass is 19.4. The van der Waals surface area contributed by atoms with E-state index in [9.17, 15) is 22.8 Å². The van der Waals surface area contributed by atoms with Crippen molar-refractivity contribution in [2.24, 2.45) is 0 Å². The van der Waals surface area contributed by atoms with Crippen LogP contribution in [0.5, 0.6) is 0 Å². The molecular formula is C30H28F3N7O4. The van der Waals surface area contributed by atoms with E-state index >= 15 is 0 Å². The SMILES string of the molecule is [2H]c1nc(C(C)(NC(=O)c2cc(-c3cc4c(C(=O)NC)c(-c5ccc(C)cc5)oc4nc3NCC(F)(F)F)cnc2C)C([2H])([2H])[2H])no1. The summed E-state index contributed by atoms with van der Waals surface area (Å²) in [5, 5.41) is 10.9. The van der Waals surface area contributed by atoms with Crippen LogP contribution in [0.1, 0.15) is 57.1 Å². The van der Waals surface area contributed by atoms with Gasteiger partial charge in [0.2, 0.25) is 12.1 Å². The number of alkyl halides is 3. The van der Waals surface area contributed by atoms with Gasteiger partial charge in [0.05, 0.1) is 27.7 Å². The number of benzene rings is 1. The molecule has 0 saturated carbocycles. The molecule has 0 spiro atoms. The third-order valence-electron chi connectivity index (χ3n) is 6.68. The van der Waals surface area contributed by atoms with E-state index in [1.807, 2.05) is 6.92 Å². The molecule has 0 aliphatic heterocycles. The van der Waals surface area contributed by atoms with Gasteiger partial charge in [-0.3, -0.25) is 14.6 Å². The molecule has 5 aromatic rings. The number of hydrogen-bond acceptors (Lipinski definition) is 9. The number of halogens is 3. The van der Waals surface area contributed by atoms with Crippen molar-refractivity contribution in [2.45, 2.75) is 39.3 Å². The Bertz CT molecular complexity index is 2030. The molecule has 5 rings (SSSR count). The van der Waals surface area contributed by atoms with E-state index in [0.29, 0.717) is 5.56 Å². The molecule has 11 nitrogen and oxygen atoms in total. The van der Waals surface area contributed by atoms with E-state index in [2.05, 4.69) is 40.6 Å². The summed E-state index contributed by atoms with van der Waals surface area (Å²) in [5.41, 5.74) is -0.645. The highest BCUT2D eigenvalue weighted by Crippen LogP contribution is 2.38. The summed E-state index contributed by atoms with van der Waals surface area (Å²) in [7, 11) is 1.41. The topological polar surface area (TPSA) is 148 Å². The average Bonchev–Trinajstić information content (AvgIpc) is 3.62. The first kappa shape index (κ1) is 25.2. The maximum absolute atomic E-state index is 13.6. The minimum absolute atomic E-state index is 0.0327. The van der Waals surface area contributed by atoms with Crippen LogP contribution in [0.2, 0.25) is 0 Å². The van der Waals surface area contributed by atoms with Crippen LogP contribution in [0.3, 0.4) is 0 Å². The number of rotatable bonds is 8. The van der Waals surface area contributed by atoms with Crippen LogP contribution in [0.4, 0.5) is 19.0 Å². The van der Waals surface area contributed by atoms with Gasteiger partial charge in [0, 0.05) is 34.0 Å². The fraction of sp³-hybridized carbons (Fsp3) is 0.267. The Morgan fingerprint density at radius 1 is 1.07 bits per heavy atom. The summed E-state index contributed by atoms with van der Waals surface area (Å²) >= 11 is 0. The summed E-state index contributed by atoms with van der Waals surface area (Å²) in [6.07, 6.45) is -4.01. The molecule has 0 saturated heterocycles. The first-order chi connectivity index (χ1) is 22.4. The van der Waals surface area contributed by atoms with E-state index in [4.69, 9.17) is 9.90 Å². The minimum atomic E-state index is -4.64. The van der Waals surface area contributed by atoms with Crippen LogP contribution >= 0.6 is 0 Å². The van der Waals surface area contributed by atoms with E-state index in [1.54, 1.807) is 24.3 Å². The van der Waals surface area contributed by atoms with Gasteiger partial charge in [-0.05, 0) is 39.8 Å². The second kappa shape index (κ2) is 11.4. The lowest BCUT2D eigenvalue weighted by Crippen LogP contribution is -2.42. The average molecular weight is 612 g/mol. The number of pyridine rings is 2. The predicted octanol–water partition coefficient (Wildman–Crippen LogP) is 5.56. The zero-order valence-corrected chi connectivity index (χ0v) is 23.8. The molecule has 3 N–H and O–H groups in total. The number of anilines is 1. The van der Waals surface area contributed by atoms with E-state index in [1.165, 1.54) is 32.3 Å². The van der Waals surface area contributed by atoms with Gasteiger partial charge in [-0.2, -0.15) is 23.1 Å². The third-order valence-corrected chi connectivity index (χ3v) is 6.68. The van der Waals surface area contributed by atoms with Crippen LogP contribution < -0.4 is 16.0 Å². The molecule has 228 valence electrons. The van der Waals surface area contributed by atoms with Gasteiger partial charge in [-0.25, -0.2) is 0 Å². The van der Waals surface area contributed by atoms with Gasteiger partial charge in [-0.1, -0.05) is 35.0 Å². The number of furan rings is 1. The second-order valence-electron chi connectivity index (χ2n) is 10.1. The first-order valence-electron chi connectivity index (χ1n) is 15.1. The monoisotopic (exact) mass is 611 g/mol. The summed E-state index contributed by atoms with van der Waals surface area (Å²) in [4.78, 5) is 39.0. The Hall–Kier alpha value is -5.27. The summed E-state index contributed by atoms with van der Waals surface area (Å²) in [6, 6.07) is 9.76. The molecule has 0 aliphatic rings. The van der Waals surface area contributed by atoms with Gasteiger partial charge >= 0.3 is 6.18 Å². The fourth-order valence-corrected chi connectivity index (χ4v) is 4.43. The van der Waals surface area contributed by atoms with Crippen LogP contribution in [0.25, 0.3) is 33.6 Å². The molecular weight excluding hydrogens is 579 g/mol. The molecule has 2 amide bonds. The molecule has 0 bridgehead atoms. The highest BCUT2D eigenvalue weighted by Gasteiger charge is 2.31. The zero-order chi connectivity index (χ0) is 35.2. The molecule has 0 aliphatic carbocycles. The number of nitrogens with one attached hydrogen (secondary N) is 3. The van der Waals surface area contributed by atoms with E-state index < -0.39 is 49.1 Å². The van der Waals surface area contributed by atoms with Crippen molar-refractivity contribution in [1.29, 1.82) is 0 Å². The quantitative estimate of drug-likeness (QED) is 0.205. The van der Waals surface area contributed by atoms with Gasteiger partial charge < -0.3 is 24.9 Å². The van der Waals surface area contributed by atoms with E-state index in [0.717, 1.165) is 12.5 Å². The number of aromatic nitrogens is 4. The molecule has 44 heavy (non-hydrogen) atoms. The lowest BCUT2D eigenvalue weighted by Gasteiger charge is -2.23. The number of carbonyl (C=O) groups is 2. The van der Waals surface area contributed by atoms with Crippen LogP contribution in [-0.2, 0) is 5.54 Å². The van der Waals surface area contributed by atoms with Crippen molar-refractivity contribution in [3.05, 3.63) is 77.2 Å². The predicted molar refractivity (Wildman–Crippen MR) is 155 cm³/mol. The summed E-state index contributed by atoms with van der Waals surface area (Å²) in [5.74, 6) is -2.10. The van der Waals surface area contributed by atoms with Crippen molar-refractivity contribution < 1.29 is 37.2 Å². The Morgan fingerprint density at radius 3 is 2.45 bits per heavy atom. The van der Waals surface area contributed by atoms with Crippen molar-refractivity contribution in [3.8, 4) is 22.5 Å². The van der Waals surface area contributed by atoms with Crippen LogP contribution in [0, 0.1) is 13.8 Å². The molecule has 4 aromatic heterocycles. The summed E-state index contributed by atoms with van der Waals surface area (Å²) in [6.45, 7) is 0.101. The van der Waals surface area contributed by atoms with Gasteiger partial charge in [-0.15, -0.1) is 0 Å². The molecule has 1 unspecified atom stereocenters. The Labute approximate surface area is 254 Å². The smallest absolute Gasteiger partial charge is 0.405 e. The first-order valence-corrected chi connectivity index (χ1v) is 13.1. The molecule has 0 radical (unpaired) electrons. The normalized spacial score (nSPS) is 14.6. The van der Waals surface area contributed by atoms with Crippen molar-refractivity contribution in [3.63, 3.8) is 0 Å². The summed E-state index contributed by atoms with van der Waals surface area (Å²) < 4.78 is 82.3. The van der Waals surface area contributed by atoms with Crippen molar-refractivity contribution >= 4 is 28.7 Å². The largest absolute Gasteiger partial charge is 0.437 e. The number of fused-ring (bicyclic) bond motifs is 1. The maximum atomic E-state index is 13.6. The fourth-order valence-electron chi connectivity index (χ4n) is 4.43. The van der Waals surface area contributed by atoms with Crippen molar-refractivity contribution in [2.75, 3.05) is 18.9 Å². The van der Waals surface area contributed by atoms with Crippen molar-refractivity contribution in [1.82, 2.24) is 30.7 Å². The lowest BCUT2D eigenvalue weighted by molar-refractivity contribution is -0.115. The second-order valence-corrected chi connectivity index (χ2v) is 10.1. The molecule has 0 fully saturated rings. The molecule has 4 heterocycles. The minimum Gasteiger partial charge on any atom is -0.437 e. The Kier molecular flexibility index (Phi) is 6.56. The standard InChI is InChI=1S/C30H28F3N7O4/c1-15-6-8-17(9-7-15)23-22(26(42)34-5)21-11-20(24(38-27(21)44-23)36-13-30(31,32)33)18-10-19(16(2)35-12-18)25(41)39-29(3,4)28-37-14-43-40-28/h6-12,14H,13H2,1-5H3,(H,34,42)(H,36,38)(H,39,41)/i3D3,14D. The Balaban J connectivity index is 1.67. The van der Waals surface area contributed by atoms with Crippen LogP contribution in [-0.4, -0.2) is 51.7 Å². The zero-order valence-electron chi connectivity index (χ0n) is 27.8. The number of hydrogen-bond donors (Lipinski definition) is 3. The highest BCUT2D eigenvalue weighted by molar-refractivity contribution is 6.11. The third kappa shape index (κ3) is 6.09. The van der Waals surface area contributed by atoms with Gasteiger partial charge in [0.25, 0.3) is 11.8 Å². The van der Waals surface area contributed by atoms with E-state index in [-0.39, 0.29) is 50.6 Å². The maximum Gasteiger partial charge on any atom is 0.405 e. The van der Waals surface area contributed by atoms with Gasteiger partial charge in [0.1, 0.15) is 19.5 Å². The number of amides is 2. The van der Waals surface area contributed by atoms with Crippen LogP contribution in [0.15, 0.2) is 57.9 Å². The number of nitrogens with zero attached hydrogens (tertiary/aromatic N) is 4. The molecule has 14 heteroatoms. The molecule has 1 atom stereocenters. The number of carbonyl (C=O) groups excluding carboxylic acids is 2. The molecule has 1 aromatic carbocycles. The lowest BCUT2D eigenvalue weighted by atomic mass is 9.99. The van der Waals surface area contributed by atoms with Gasteiger partial charge in [0.15, 0.2) is 5.82 Å². The Morgan fingerprint density at radius 2 is 1.82 bits per heavy atom.